The van der Waals surface area contributed by atoms with Crippen molar-refractivity contribution in [1.29, 1.82) is 0 Å². The highest BCUT2D eigenvalue weighted by atomic mass is 35.5. The number of amides is 1. The van der Waals surface area contributed by atoms with E-state index in [4.69, 9.17) is 11.6 Å². The fourth-order valence-corrected chi connectivity index (χ4v) is 4.87. The van der Waals surface area contributed by atoms with Gasteiger partial charge in [-0.15, -0.1) is 10.2 Å². The Morgan fingerprint density at radius 3 is 2.68 bits per heavy atom. The van der Waals surface area contributed by atoms with Crippen molar-refractivity contribution >= 4 is 55.5 Å². The largest absolute Gasteiger partial charge is 0.348 e. The smallest absolute Gasteiger partial charge is 0.274 e. The second-order valence-electron chi connectivity index (χ2n) is 7.81. The van der Waals surface area contributed by atoms with Crippen LogP contribution in [0.5, 0.6) is 0 Å². The van der Waals surface area contributed by atoms with E-state index in [1.54, 1.807) is 28.1 Å². The minimum absolute atomic E-state index is 0.101. The molecule has 3 aromatic heterocycles. The number of hydrogen-bond donors (Lipinski definition) is 2. The number of hydrogen-bond acceptors (Lipinski definition) is 7. The normalized spacial score (nSPS) is 11.4. The van der Waals surface area contributed by atoms with E-state index in [0.29, 0.717) is 16.5 Å². The maximum atomic E-state index is 12.8. The number of thiazole rings is 1. The molecule has 0 saturated heterocycles. The molecule has 0 radical (unpaired) electrons. The Balaban J connectivity index is 1.39. The van der Waals surface area contributed by atoms with Gasteiger partial charge in [0.2, 0.25) is 0 Å². The van der Waals surface area contributed by atoms with Crippen molar-refractivity contribution in [3.63, 3.8) is 0 Å². The van der Waals surface area contributed by atoms with Crippen molar-refractivity contribution in [3.05, 3.63) is 65.6 Å². The molecule has 0 bridgehead atoms. The standard InChI is InChI=1S/C24H22ClN7OS/c1-3-16(4-2)27-23(33)20-22-31-30-21(32(22)12-11-26-20)14-5-8-17(9-6-14)28-24-29-18-10-7-15(25)13-19(18)34-24/h5-13,16H,3-4H2,1-2H3,(H,27,33)(H,28,29). The quantitative estimate of drug-likeness (QED) is 0.302. The van der Waals surface area contributed by atoms with Crippen LogP contribution < -0.4 is 10.6 Å². The van der Waals surface area contributed by atoms with Gasteiger partial charge < -0.3 is 10.6 Å². The van der Waals surface area contributed by atoms with E-state index in [9.17, 15) is 4.79 Å². The summed E-state index contributed by atoms with van der Waals surface area (Å²) in [5, 5.41) is 16.4. The molecule has 0 fully saturated rings. The molecule has 0 aliphatic carbocycles. The van der Waals surface area contributed by atoms with Crippen molar-refractivity contribution < 1.29 is 4.79 Å². The monoisotopic (exact) mass is 491 g/mol. The Kier molecular flexibility index (Phi) is 6.12. The van der Waals surface area contributed by atoms with Crippen LogP contribution in [-0.2, 0) is 0 Å². The van der Waals surface area contributed by atoms with E-state index in [0.717, 1.165) is 39.4 Å². The van der Waals surface area contributed by atoms with Crippen LogP contribution in [0.15, 0.2) is 54.9 Å². The second kappa shape index (κ2) is 9.36. The number of fused-ring (bicyclic) bond motifs is 2. The fourth-order valence-electron chi connectivity index (χ4n) is 3.71. The average Bonchev–Trinajstić information content (AvgIpc) is 3.46. The van der Waals surface area contributed by atoms with Gasteiger partial charge in [0, 0.05) is 34.7 Å². The number of carbonyl (C=O) groups is 1. The Morgan fingerprint density at radius 1 is 1.12 bits per heavy atom. The molecule has 3 heterocycles. The van der Waals surface area contributed by atoms with E-state index in [2.05, 4.69) is 30.8 Å². The molecule has 2 aromatic carbocycles. The lowest BCUT2D eigenvalue weighted by molar-refractivity contribution is 0.0931. The molecule has 10 heteroatoms. The van der Waals surface area contributed by atoms with E-state index < -0.39 is 0 Å². The van der Waals surface area contributed by atoms with Crippen LogP contribution in [0.4, 0.5) is 10.8 Å². The number of rotatable bonds is 7. The second-order valence-corrected chi connectivity index (χ2v) is 9.28. The van der Waals surface area contributed by atoms with Crippen LogP contribution in [-0.4, -0.2) is 36.5 Å². The lowest BCUT2D eigenvalue weighted by atomic mass is 10.1. The molecule has 5 rings (SSSR count). The van der Waals surface area contributed by atoms with Crippen LogP contribution >= 0.6 is 22.9 Å². The number of nitrogens with zero attached hydrogens (tertiary/aromatic N) is 5. The zero-order valence-electron chi connectivity index (χ0n) is 18.6. The summed E-state index contributed by atoms with van der Waals surface area (Å²) in [5.41, 5.74) is 3.36. The third kappa shape index (κ3) is 4.32. The molecule has 1 amide bonds. The predicted octanol–water partition coefficient (Wildman–Crippen LogP) is 5.72. The first kappa shape index (κ1) is 22.2. The Labute approximate surface area is 205 Å². The van der Waals surface area contributed by atoms with Gasteiger partial charge in [-0.3, -0.25) is 9.20 Å². The van der Waals surface area contributed by atoms with Gasteiger partial charge in [-0.2, -0.15) is 0 Å². The maximum Gasteiger partial charge on any atom is 0.274 e. The molecule has 0 spiro atoms. The van der Waals surface area contributed by atoms with Crippen LogP contribution in [0.25, 0.3) is 27.3 Å². The molecule has 34 heavy (non-hydrogen) atoms. The lowest BCUT2D eigenvalue weighted by Crippen LogP contribution is -2.34. The number of nitrogens with one attached hydrogen (secondary N) is 2. The first-order valence-electron chi connectivity index (χ1n) is 11.0. The van der Waals surface area contributed by atoms with Gasteiger partial charge in [0.05, 0.1) is 10.2 Å². The van der Waals surface area contributed by atoms with Gasteiger partial charge >= 0.3 is 0 Å². The fraction of sp³-hybridized carbons (Fsp3) is 0.208. The minimum Gasteiger partial charge on any atom is -0.348 e. The van der Waals surface area contributed by atoms with Crippen molar-refractivity contribution in [1.82, 2.24) is 29.9 Å². The summed E-state index contributed by atoms with van der Waals surface area (Å²) < 4.78 is 2.81. The molecule has 172 valence electrons. The van der Waals surface area contributed by atoms with E-state index in [1.165, 1.54) is 0 Å². The van der Waals surface area contributed by atoms with E-state index in [-0.39, 0.29) is 17.6 Å². The van der Waals surface area contributed by atoms with Gasteiger partial charge in [-0.25, -0.2) is 9.97 Å². The van der Waals surface area contributed by atoms with Crippen molar-refractivity contribution in [2.75, 3.05) is 5.32 Å². The summed E-state index contributed by atoms with van der Waals surface area (Å²) in [6.07, 6.45) is 5.07. The maximum absolute atomic E-state index is 12.8. The number of aromatic nitrogens is 5. The average molecular weight is 492 g/mol. The zero-order chi connectivity index (χ0) is 23.7. The first-order chi connectivity index (χ1) is 16.6. The third-order valence-electron chi connectivity index (χ3n) is 5.61. The molecule has 5 aromatic rings. The summed E-state index contributed by atoms with van der Waals surface area (Å²) in [6, 6.07) is 13.6. The third-order valence-corrected chi connectivity index (χ3v) is 6.78. The highest BCUT2D eigenvalue weighted by molar-refractivity contribution is 7.22. The molecule has 0 aliphatic heterocycles. The zero-order valence-corrected chi connectivity index (χ0v) is 20.2. The van der Waals surface area contributed by atoms with Crippen LogP contribution in [0.1, 0.15) is 37.2 Å². The Hall–Kier alpha value is -3.56. The molecule has 0 saturated carbocycles. The van der Waals surface area contributed by atoms with Gasteiger partial charge in [-0.1, -0.05) is 36.8 Å². The molecule has 2 N–H and O–H groups in total. The van der Waals surface area contributed by atoms with Crippen LogP contribution in [0.3, 0.4) is 0 Å². The summed E-state index contributed by atoms with van der Waals surface area (Å²) in [5.74, 6) is 0.394. The molecule has 8 nitrogen and oxygen atoms in total. The topological polar surface area (TPSA) is 97.1 Å². The van der Waals surface area contributed by atoms with E-state index >= 15 is 0 Å². The van der Waals surface area contributed by atoms with E-state index in [1.807, 2.05) is 56.3 Å². The highest BCUT2D eigenvalue weighted by Crippen LogP contribution is 2.31. The molecule has 0 unspecified atom stereocenters. The molecule has 0 aliphatic rings. The van der Waals surface area contributed by atoms with Gasteiger partial charge in [-0.05, 0) is 55.3 Å². The summed E-state index contributed by atoms with van der Waals surface area (Å²) in [6.45, 7) is 4.09. The van der Waals surface area contributed by atoms with Crippen molar-refractivity contribution in [2.45, 2.75) is 32.7 Å². The molecular weight excluding hydrogens is 470 g/mol. The SMILES string of the molecule is CCC(CC)NC(=O)c1nccn2c(-c3ccc(Nc4nc5ccc(Cl)cc5s4)cc3)nnc12. The van der Waals surface area contributed by atoms with Crippen LogP contribution in [0, 0.1) is 0 Å². The number of anilines is 2. The molecule has 0 atom stereocenters. The number of carbonyl (C=O) groups excluding carboxylic acids is 1. The highest BCUT2D eigenvalue weighted by Gasteiger charge is 2.19. The van der Waals surface area contributed by atoms with Gasteiger partial charge in [0.25, 0.3) is 5.91 Å². The van der Waals surface area contributed by atoms with Crippen LogP contribution in [0.2, 0.25) is 5.02 Å². The summed E-state index contributed by atoms with van der Waals surface area (Å²) in [4.78, 5) is 21.6. The summed E-state index contributed by atoms with van der Waals surface area (Å²) in [7, 11) is 0. The lowest BCUT2D eigenvalue weighted by Gasteiger charge is -2.14. The van der Waals surface area contributed by atoms with Gasteiger partial charge in [0.1, 0.15) is 0 Å². The van der Waals surface area contributed by atoms with Crippen molar-refractivity contribution in [2.24, 2.45) is 0 Å². The van der Waals surface area contributed by atoms with Gasteiger partial charge in [0.15, 0.2) is 22.3 Å². The molecular formula is C24H22ClN7OS. The summed E-state index contributed by atoms with van der Waals surface area (Å²) >= 11 is 7.62. The number of halogens is 1. The minimum atomic E-state index is -0.241. The first-order valence-corrected chi connectivity index (χ1v) is 12.2. The predicted molar refractivity (Wildman–Crippen MR) is 136 cm³/mol. The Morgan fingerprint density at radius 2 is 1.91 bits per heavy atom. The Bertz CT molecular complexity index is 1470. The van der Waals surface area contributed by atoms with Crippen molar-refractivity contribution in [3.8, 4) is 11.4 Å². The number of benzene rings is 2.